The Hall–Kier alpha value is -0.600. The molecule has 0 amide bonds. The minimum atomic E-state index is -0.171. The van der Waals surface area contributed by atoms with Crippen LogP contribution in [0.1, 0.15) is 46.1 Å². The molecular weight excluding hydrogens is 261 g/mol. The normalized spacial score (nSPS) is 27.2. The van der Waals surface area contributed by atoms with Gasteiger partial charge in [0.2, 0.25) is 0 Å². The van der Waals surface area contributed by atoms with Gasteiger partial charge < -0.3 is 5.32 Å². The smallest absolute Gasteiger partial charge is 0.128 e. The molecule has 0 spiro atoms. The van der Waals surface area contributed by atoms with Crippen LogP contribution in [-0.4, -0.2) is 12.1 Å². The van der Waals surface area contributed by atoms with Crippen molar-refractivity contribution in [3.8, 4) is 0 Å². The Morgan fingerprint density at radius 1 is 1.37 bits per heavy atom. The van der Waals surface area contributed by atoms with Crippen molar-refractivity contribution < 1.29 is 4.39 Å². The van der Waals surface area contributed by atoms with E-state index in [1.165, 1.54) is 6.07 Å². The molecule has 0 atom stereocenters. The molecule has 3 heteroatoms. The Labute approximate surface area is 120 Å². The molecule has 1 aliphatic rings. The number of benzene rings is 1. The highest BCUT2D eigenvalue weighted by Gasteiger charge is 2.46. The van der Waals surface area contributed by atoms with Crippen molar-refractivity contribution in [1.82, 2.24) is 5.32 Å². The van der Waals surface area contributed by atoms with Crippen LogP contribution in [0, 0.1) is 11.7 Å². The van der Waals surface area contributed by atoms with Gasteiger partial charge in [-0.25, -0.2) is 4.39 Å². The third-order valence-electron chi connectivity index (χ3n) is 3.93. The minimum Gasteiger partial charge on any atom is -0.311 e. The second kappa shape index (κ2) is 5.06. The summed E-state index contributed by atoms with van der Waals surface area (Å²) < 4.78 is 14.2. The number of nitrogens with one attached hydrogen (secondary N) is 1. The molecular formula is C16H23ClFN. The van der Waals surface area contributed by atoms with Gasteiger partial charge in [-0.05, 0) is 51.7 Å². The lowest BCUT2D eigenvalue weighted by atomic mass is 9.59. The zero-order chi connectivity index (χ0) is 14.3. The number of hydrogen-bond acceptors (Lipinski definition) is 1. The summed E-state index contributed by atoms with van der Waals surface area (Å²) in [7, 11) is 0. The summed E-state index contributed by atoms with van der Waals surface area (Å²) in [5.74, 6) is 0.465. The zero-order valence-corrected chi connectivity index (χ0v) is 12.9. The summed E-state index contributed by atoms with van der Waals surface area (Å²) in [4.78, 5) is 0. The van der Waals surface area contributed by atoms with E-state index in [-0.39, 0.29) is 16.8 Å². The third-order valence-corrected chi connectivity index (χ3v) is 4.24. The minimum absolute atomic E-state index is 0.0313. The molecule has 1 aromatic rings. The van der Waals surface area contributed by atoms with Crippen LogP contribution < -0.4 is 5.32 Å². The van der Waals surface area contributed by atoms with E-state index in [4.69, 9.17) is 11.6 Å². The molecule has 0 aliphatic heterocycles. The first-order valence-electron chi connectivity index (χ1n) is 6.93. The summed E-state index contributed by atoms with van der Waals surface area (Å²) in [6.07, 6.45) is 1.99. The lowest BCUT2D eigenvalue weighted by molar-refractivity contribution is 0.137. The molecule has 1 saturated carbocycles. The lowest BCUT2D eigenvalue weighted by Gasteiger charge is -2.49. The van der Waals surface area contributed by atoms with Gasteiger partial charge in [0, 0.05) is 28.1 Å². The van der Waals surface area contributed by atoms with E-state index in [2.05, 4.69) is 33.0 Å². The van der Waals surface area contributed by atoms with Gasteiger partial charge in [-0.2, -0.15) is 0 Å². The van der Waals surface area contributed by atoms with Crippen molar-refractivity contribution in [1.29, 1.82) is 0 Å². The molecule has 0 heterocycles. The van der Waals surface area contributed by atoms with Crippen LogP contribution in [0.15, 0.2) is 18.2 Å². The van der Waals surface area contributed by atoms with Gasteiger partial charge in [-0.3, -0.25) is 0 Å². The van der Waals surface area contributed by atoms with Crippen LogP contribution in [0.25, 0.3) is 0 Å². The van der Waals surface area contributed by atoms with Crippen molar-refractivity contribution in [3.63, 3.8) is 0 Å². The predicted octanol–water partition coefficient (Wildman–Crippen LogP) is 4.53. The molecule has 0 radical (unpaired) electrons. The Kier molecular flexibility index (Phi) is 3.95. The summed E-state index contributed by atoms with van der Waals surface area (Å²) in [5, 5.41) is 4.07. The number of hydrogen-bond donors (Lipinski definition) is 1. The maximum Gasteiger partial charge on any atom is 0.128 e. The van der Waals surface area contributed by atoms with Crippen LogP contribution in [-0.2, 0) is 5.41 Å². The van der Waals surface area contributed by atoms with Crippen molar-refractivity contribution in [3.05, 3.63) is 34.6 Å². The monoisotopic (exact) mass is 283 g/mol. The average Bonchev–Trinajstić information content (AvgIpc) is 2.22. The van der Waals surface area contributed by atoms with Crippen LogP contribution in [0.3, 0.4) is 0 Å². The van der Waals surface area contributed by atoms with Crippen LogP contribution in [0.2, 0.25) is 5.02 Å². The third kappa shape index (κ3) is 3.11. The van der Waals surface area contributed by atoms with Gasteiger partial charge in [-0.1, -0.05) is 24.6 Å². The molecule has 1 aromatic carbocycles. The molecule has 0 saturated heterocycles. The first-order valence-corrected chi connectivity index (χ1v) is 7.31. The SMILES string of the molecule is CC1CC(CNC(C)(C)C)(c2c(F)cccc2Cl)C1. The second-order valence-corrected chi connectivity index (χ2v) is 7.40. The van der Waals surface area contributed by atoms with Gasteiger partial charge in [0.25, 0.3) is 0 Å². The van der Waals surface area contributed by atoms with Crippen LogP contribution >= 0.6 is 11.6 Å². The first-order chi connectivity index (χ1) is 8.73. The Morgan fingerprint density at radius 2 is 2.00 bits per heavy atom. The van der Waals surface area contributed by atoms with E-state index in [0.717, 1.165) is 19.4 Å². The summed E-state index contributed by atoms with van der Waals surface area (Å²) >= 11 is 6.26. The van der Waals surface area contributed by atoms with Gasteiger partial charge in [-0.15, -0.1) is 0 Å². The largest absolute Gasteiger partial charge is 0.311 e. The summed E-state index contributed by atoms with van der Waals surface area (Å²) in [6, 6.07) is 4.99. The summed E-state index contributed by atoms with van der Waals surface area (Å²) in [6.45, 7) is 9.38. The molecule has 0 unspecified atom stereocenters. The van der Waals surface area contributed by atoms with Crippen molar-refractivity contribution in [2.75, 3.05) is 6.54 Å². The zero-order valence-electron chi connectivity index (χ0n) is 12.2. The lowest BCUT2D eigenvalue weighted by Crippen LogP contribution is -2.52. The maximum atomic E-state index is 14.2. The fraction of sp³-hybridized carbons (Fsp3) is 0.625. The maximum absolute atomic E-state index is 14.2. The molecule has 19 heavy (non-hydrogen) atoms. The standard InChI is InChI=1S/C16H23ClFN/c1-11-8-16(9-11,10-19-15(2,3)4)14-12(17)6-5-7-13(14)18/h5-7,11,19H,8-10H2,1-4H3. The average molecular weight is 284 g/mol. The van der Waals surface area contributed by atoms with Crippen molar-refractivity contribution in [2.45, 2.75) is 51.5 Å². The van der Waals surface area contributed by atoms with Gasteiger partial charge >= 0.3 is 0 Å². The van der Waals surface area contributed by atoms with E-state index in [1.54, 1.807) is 12.1 Å². The van der Waals surface area contributed by atoms with Crippen molar-refractivity contribution in [2.24, 2.45) is 5.92 Å². The molecule has 1 N–H and O–H groups in total. The summed E-state index contributed by atoms with van der Waals surface area (Å²) in [5.41, 5.74) is 0.588. The molecule has 1 aliphatic carbocycles. The van der Waals surface area contributed by atoms with Gasteiger partial charge in [0.1, 0.15) is 5.82 Å². The fourth-order valence-corrected chi connectivity index (χ4v) is 3.51. The Morgan fingerprint density at radius 3 is 2.47 bits per heavy atom. The molecule has 0 bridgehead atoms. The van der Waals surface area contributed by atoms with Gasteiger partial charge in [0.15, 0.2) is 0 Å². The highest BCUT2D eigenvalue weighted by atomic mass is 35.5. The second-order valence-electron chi connectivity index (χ2n) is 6.99. The Bertz CT molecular complexity index is 438. The molecule has 2 rings (SSSR count). The fourth-order valence-electron chi connectivity index (χ4n) is 3.15. The molecule has 0 aromatic heterocycles. The van der Waals surface area contributed by atoms with E-state index in [0.29, 0.717) is 16.5 Å². The van der Waals surface area contributed by atoms with E-state index in [9.17, 15) is 4.39 Å². The highest BCUT2D eigenvalue weighted by Crippen LogP contribution is 2.50. The van der Waals surface area contributed by atoms with E-state index in [1.807, 2.05) is 0 Å². The van der Waals surface area contributed by atoms with Crippen molar-refractivity contribution >= 4 is 11.6 Å². The molecule has 1 fully saturated rings. The topological polar surface area (TPSA) is 12.0 Å². The van der Waals surface area contributed by atoms with E-state index >= 15 is 0 Å². The van der Waals surface area contributed by atoms with Crippen LogP contribution in [0.4, 0.5) is 4.39 Å². The predicted molar refractivity (Wildman–Crippen MR) is 79.2 cm³/mol. The van der Waals surface area contributed by atoms with Crippen LogP contribution in [0.5, 0.6) is 0 Å². The van der Waals surface area contributed by atoms with E-state index < -0.39 is 0 Å². The van der Waals surface area contributed by atoms with Gasteiger partial charge in [0.05, 0.1) is 0 Å². The highest BCUT2D eigenvalue weighted by molar-refractivity contribution is 6.31. The molecule has 106 valence electrons. The Balaban J connectivity index is 2.30. The molecule has 1 nitrogen and oxygen atoms in total. The number of halogens is 2. The number of rotatable bonds is 3. The first kappa shape index (κ1) is 14.8. The quantitative estimate of drug-likeness (QED) is 0.859.